The average Bonchev–Trinajstić information content (AvgIpc) is 2.91. The molecule has 2 aromatic carbocycles. The highest BCUT2D eigenvalue weighted by atomic mass is 32.1. The summed E-state index contributed by atoms with van der Waals surface area (Å²) < 4.78 is 1.95. The molecule has 0 aliphatic rings. The molecule has 6 heteroatoms. The van der Waals surface area contributed by atoms with E-state index in [1.165, 1.54) is 17.4 Å². The van der Waals surface area contributed by atoms with Crippen LogP contribution in [0, 0.1) is 17.0 Å². The lowest BCUT2D eigenvalue weighted by Gasteiger charge is -2.03. The summed E-state index contributed by atoms with van der Waals surface area (Å²) in [7, 11) is 1.92. The number of aryl methyl sites for hydroxylation is 1. The Morgan fingerprint density at radius 1 is 1.17 bits per heavy atom. The van der Waals surface area contributed by atoms with Crippen LogP contribution < -0.4 is 4.80 Å². The van der Waals surface area contributed by atoms with Gasteiger partial charge in [0.1, 0.15) is 0 Å². The van der Waals surface area contributed by atoms with E-state index in [0.717, 1.165) is 27.3 Å². The van der Waals surface area contributed by atoms with Crippen molar-refractivity contribution in [3.63, 3.8) is 0 Å². The fraction of sp³-hybridized carbons (Fsp3) is 0.118. The van der Waals surface area contributed by atoms with E-state index in [1.807, 2.05) is 54.3 Å². The van der Waals surface area contributed by atoms with Crippen molar-refractivity contribution in [2.45, 2.75) is 6.92 Å². The Balaban J connectivity index is 2.08. The Kier molecular flexibility index (Phi) is 4.08. The van der Waals surface area contributed by atoms with Crippen molar-refractivity contribution in [2.75, 3.05) is 0 Å². The number of aromatic nitrogens is 1. The first-order valence-corrected chi connectivity index (χ1v) is 7.94. The second-order valence-electron chi connectivity index (χ2n) is 5.17. The minimum Gasteiger partial charge on any atom is -0.320 e. The largest absolute Gasteiger partial charge is 0.320 e. The summed E-state index contributed by atoms with van der Waals surface area (Å²) in [5.41, 5.74) is 3.84. The number of nitrogens with zero attached hydrogens (tertiary/aromatic N) is 3. The molecule has 0 spiro atoms. The molecular weight excluding hydrogens is 310 g/mol. The highest BCUT2D eigenvalue weighted by Crippen LogP contribution is 2.24. The Morgan fingerprint density at radius 3 is 2.70 bits per heavy atom. The maximum Gasteiger partial charge on any atom is 0.270 e. The number of non-ortho nitro benzene ring substituents is 1. The fourth-order valence-corrected chi connectivity index (χ4v) is 3.22. The van der Waals surface area contributed by atoms with Gasteiger partial charge >= 0.3 is 0 Å². The topological polar surface area (TPSA) is 60.4 Å². The number of benzene rings is 2. The minimum atomic E-state index is -0.380. The first kappa shape index (κ1) is 15.2. The molecule has 1 aromatic heterocycles. The van der Waals surface area contributed by atoms with Crippen molar-refractivity contribution >= 4 is 22.7 Å². The van der Waals surface area contributed by atoms with E-state index in [1.54, 1.807) is 12.1 Å². The van der Waals surface area contributed by atoms with Gasteiger partial charge in [-0.1, -0.05) is 30.3 Å². The quantitative estimate of drug-likeness (QED) is 0.535. The molecule has 0 aliphatic carbocycles. The van der Waals surface area contributed by atoms with Gasteiger partial charge < -0.3 is 4.57 Å². The second-order valence-corrected chi connectivity index (χ2v) is 6.00. The van der Waals surface area contributed by atoms with Gasteiger partial charge in [-0.25, -0.2) is 4.99 Å². The molecule has 0 aliphatic heterocycles. The average molecular weight is 325 g/mol. The van der Waals surface area contributed by atoms with Crippen LogP contribution in [0.4, 0.5) is 11.4 Å². The third-order valence-electron chi connectivity index (χ3n) is 3.61. The summed E-state index contributed by atoms with van der Waals surface area (Å²) in [6.07, 6.45) is 0. The Morgan fingerprint density at radius 2 is 1.96 bits per heavy atom. The van der Waals surface area contributed by atoms with E-state index in [-0.39, 0.29) is 10.6 Å². The minimum absolute atomic E-state index is 0.0890. The normalized spacial score (nSPS) is 11.7. The molecule has 116 valence electrons. The Labute approximate surface area is 137 Å². The molecule has 0 N–H and O–H groups in total. The molecule has 0 saturated heterocycles. The van der Waals surface area contributed by atoms with E-state index < -0.39 is 0 Å². The Hall–Kier alpha value is -2.73. The maximum absolute atomic E-state index is 10.9. The van der Waals surface area contributed by atoms with Crippen LogP contribution in [0.25, 0.3) is 11.3 Å². The molecule has 0 amide bonds. The van der Waals surface area contributed by atoms with Gasteiger partial charge in [-0.3, -0.25) is 10.1 Å². The van der Waals surface area contributed by atoms with Crippen LogP contribution in [0.2, 0.25) is 0 Å². The van der Waals surface area contributed by atoms with Crippen molar-refractivity contribution in [2.24, 2.45) is 12.0 Å². The van der Waals surface area contributed by atoms with E-state index in [9.17, 15) is 10.1 Å². The van der Waals surface area contributed by atoms with E-state index in [0.29, 0.717) is 0 Å². The SMILES string of the molecule is Cc1ccccc1N=c1scc(-c2cccc([N+](=O)[O-])c2)n1C. The van der Waals surface area contributed by atoms with Gasteiger partial charge in [-0.05, 0) is 18.6 Å². The zero-order valence-corrected chi connectivity index (χ0v) is 13.6. The van der Waals surface area contributed by atoms with Gasteiger partial charge in [0.2, 0.25) is 0 Å². The molecule has 3 aromatic rings. The summed E-state index contributed by atoms with van der Waals surface area (Å²) in [6, 6.07) is 14.6. The van der Waals surface area contributed by atoms with Crippen LogP contribution in [-0.2, 0) is 7.05 Å². The summed E-state index contributed by atoms with van der Waals surface area (Å²) in [6.45, 7) is 2.02. The van der Waals surface area contributed by atoms with Gasteiger partial charge in [-0.15, -0.1) is 11.3 Å². The molecule has 0 atom stereocenters. The lowest BCUT2D eigenvalue weighted by atomic mass is 10.1. The number of thiazole rings is 1. The molecular formula is C17H15N3O2S. The number of nitro benzene ring substituents is 1. The van der Waals surface area contributed by atoms with Gasteiger partial charge in [0.05, 0.1) is 16.3 Å². The standard InChI is InChI=1S/C17H15N3O2S/c1-12-6-3-4-9-15(12)18-17-19(2)16(11-23-17)13-7-5-8-14(10-13)20(21)22/h3-11H,1-2H3. The number of hydrogen-bond donors (Lipinski definition) is 0. The first-order chi connectivity index (χ1) is 11.1. The number of hydrogen-bond acceptors (Lipinski definition) is 4. The van der Waals surface area contributed by atoms with Crippen molar-refractivity contribution < 1.29 is 4.92 Å². The third-order valence-corrected chi connectivity index (χ3v) is 4.53. The van der Waals surface area contributed by atoms with Gasteiger partial charge in [-0.2, -0.15) is 0 Å². The van der Waals surface area contributed by atoms with Crippen LogP contribution in [-0.4, -0.2) is 9.49 Å². The monoisotopic (exact) mass is 325 g/mol. The predicted octanol–water partition coefficient (Wildman–Crippen LogP) is 4.20. The molecule has 3 rings (SSSR count). The molecule has 0 unspecified atom stereocenters. The van der Waals surface area contributed by atoms with Crippen molar-refractivity contribution in [3.8, 4) is 11.3 Å². The molecule has 5 nitrogen and oxygen atoms in total. The highest BCUT2D eigenvalue weighted by Gasteiger charge is 2.10. The molecule has 0 fully saturated rings. The van der Waals surface area contributed by atoms with Gasteiger partial charge in [0.25, 0.3) is 5.69 Å². The smallest absolute Gasteiger partial charge is 0.270 e. The fourth-order valence-electron chi connectivity index (χ4n) is 2.30. The summed E-state index contributed by atoms with van der Waals surface area (Å²) in [5, 5.41) is 12.9. The number of rotatable bonds is 3. The van der Waals surface area contributed by atoms with E-state index >= 15 is 0 Å². The summed E-state index contributed by atoms with van der Waals surface area (Å²) in [5.74, 6) is 0. The van der Waals surface area contributed by atoms with Crippen molar-refractivity contribution in [3.05, 3.63) is 74.4 Å². The van der Waals surface area contributed by atoms with Gasteiger partial charge in [0, 0.05) is 30.1 Å². The first-order valence-electron chi connectivity index (χ1n) is 7.06. The zero-order valence-electron chi connectivity index (χ0n) is 12.8. The van der Waals surface area contributed by atoms with Crippen LogP contribution >= 0.6 is 11.3 Å². The van der Waals surface area contributed by atoms with Crippen molar-refractivity contribution in [1.82, 2.24) is 4.57 Å². The molecule has 0 saturated carbocycles. The van der Waals surface area contributed by atoms with E-state index in [4.69, 9.17) is 4.99 Å². The maximum atomic E-state index is 10.9. The molecule has 1 heterocycles. The van der Waals surface area contributed by atoms with Crippen molar-refractivity contribution in [1.29, 1.82) is 0 Å². The predicted molar refractivity (Wildman–Crippen MR) is 91.8 cm³/mol. The molecule has 23 heavy (non-hydrogen) atoms. The molecule has 0 bridgehead atoms. The lowest BCUT2D eigenvalue weighted by Crippen LogP contribution is -2.11. The second kappa shape index (κ2) is 6.18. The van der Waals surface area contributed by atoms with Gasteiger partial charge in [0.15, 0.2) is 4.80 Å². The van der Waals surface area contributed by atoms with E-state index in [2.05, 4.69) is 0 Å². The summed E-state index contributed by atoms with van der Waals surface area (Å²) >= 11 is 1.52. The lowest BCUT2D eigenvalue weighted by molar-refractivity contribution is -0.384. The number of nitro groups is 1. The number of para-hydroxylation sites is 1. The highest BCUT2D eigenvalue weighted by molar-refractivity contribution is 7.07. The van der Waals surface area contributed by atoms with Crippen LogP contribution in [0.5, 0.6) is 0 Å². The van der Waals surface area contributed by atoms with Crippen LogP contribution in [0.3, 0.4) is 0 Å². The van der Waals surface area contributed by atoms with Crippen LogP contribution in [0.15, 0.2) is 58.9 Å². The zero-order chi connectivity index (χ0) is 16.4. The summed E-state index contributed by atoms with van der Waals surface area (Å²) in [4.78, 5) is 16.1. The Bertz CT molecular complexity index is 941. The molecule has 0 radical (unpaired) electrons. The third kappa shape index (κ3) is 3.07. The van der Waals surface area contributed by atoms with Crippen LogP contribution in [0.1, 0.15) is 5.56 Å².